The SMILES string of the molecule is CCCCOc1cccc(CNC(=O)C2CCN(S(=O)(=O)CCCC)CC2)c1. The van der Waals surface area contributed by atoms with Gasteiger partial charge in [0.1, 0.15) is 5.75 Å². The molecule has 0 saturated carbocycles. The Labute approximate surface area is 169 Å². The number of nitrogens with zero attached hydrogens (tertiary/aromatic N) is 1. The molecule has 7 heteroatoms. The highest BCUT2D eigenvalue weighted by atomic mass is 32.2. The predicted octanol–water partition coefficient (Wildman–Crippen LogP) is 3.32. The Morgan fingerprint density at radius 2 is 1.89 bits per heavy atom. The van der Waals surface area contributed by atoms with Crippen molar-refractivity contribution in [2.45, 2.75) is 58.9 Å². The first-order valence-electron chi connectivity index (χ1n) is 10.4. The second-order valence-corrected chi connectivity index (χ2v) is 9.50. The first kappa shape index (κ1) is 22.7. The van der Waals surface area contributed by atoms with Gasteiger partial charge in [0.05, 0.1) is 12.4 Å². The summed E-state index contributed by atoms with van der Waals surface area (Å²) in [6.07, 6.45) is 4.82. The van der Waals surface area contributed by atoms with Crippen molar-refractivity contribution in [1.29, 1.82) is 0 Å². The van der Waals surface area contributed by atoms with E-state index in [1.807, 2.05) is 31.2 Å². The summed E-state index contributed by atoms with van der Waals surface area (Å²) in [5, 5.41) is 2.99. The molecule has 0 bridgehead atoms. The number of ether oxygens (including phenoxy) is 1. The standard InChI is InChI=1S/C21H34N2O4S/c1-3-5-14-27-20-9-7-8-18(16-20)17-22-21(24)19-10-12-23(13-11-19)28(25,26)15-6-4-2/h7-9,16,19H,3-6,10-15,17H2,1-2H3,(H,22,24). The van der Waals surface area contributed by atoms with Crippen LogP contribution in [0.2, 0.25) is 0 Å². The molecule has 1 aromatic carbocycles. The fraction of sp³-hybridized carbons (Fsp3) is 0.667. The normalized spacial score (nSPS) is 16.1. The van der Waals surface area contributed by atoms with Gasteiger partial charge in [-0.3, -0.25) is 4.79 Å². The smallest absolute Gasteiger partial charge is 0.223 e. The minimum Gasteiger partial charge on any atom is -0.494 e. The Morgan fingerprint density at radius 1 is 1.18 bits per heavy atom. The van der Waals surface area contributed by atoms with Crippen molar-refractivity contribution in [3.05, 3.63) is 29.8 Å². The molecule has 1 N–H and O–H groups in total. The van der Waals surface area contributed by atoms with Gasteiger partial charge in [-0.1, -0.05) is 38.8 Å². The summed E-state index contributed by atoms with van der Waals surface area (Å²) in [6.45, 7) is 6.14. The van der Waals surface area contributed by atoms with Crippen LogP contribution in [-0.2, 0) is 21.4 Å². The fourth-order valence-electron chi connectivity index (χ4n) is 3.27. The predicted molar refractivity (Wildman–Crippen MR) is 112 cm³/mol. The zero-order chi connectivity index (χ0) is 20.4. The van der Waals surface area contributed by atoms with Gasteiger partial charge in [-0.15, -0.1) is 0 Å². The van der Waals surface area contributed by atoms with Crippen molar-refractivity contribution in [3.8, 4) is 5.75 Å². The zero-order valence-electron chi connectivity index (χ0n) is 17.2. The molecule has 6 nitrogen and oxygen atoms in total. The van der Waals surface area contributed by atoms with Crippen molar-refractivity contribution < 1.29 is 17.9 Å². The van der Waals surface area contributed by atoms with Gasteiger partial charge in [0, 0.05) is 25.6 Å². The van der Waals surface area contributed by atoms with Crippen LogP contribution in [0.25, 0.3) is 0 Å². The maximum atomic E-state index is 12.5. The van der Waals surface area contributed by atoms with E-state index < -0.39 is 10.0 Å². The third-order valence-corrected chi connectivity index (χ3v) is 7.06. The number of hydrogen-bond donors (Lipinski definition) is 1. The second-order valence-electron chi connectivity index (χ2n) is 7.41. The van der Waals surface area contributed by atoms with Crippen LogP contribution < -0.4 is 10.1 Å². The minimum absolute atomic E-state index is 0.00269. The van der Waals surface area contributed by atoms with Gasteiger partial charge in [-0.2, -0.15) is 0 Å². The monoisotopic (exact) mass is 410 g/mol. The molecule has 1 heterocycles. The van der Waals surface area contributed by atoms with Crippen molar-refractivity contribution in [1.82, 2.24) is 9.62 Å². The summed E-state index contributed by atoms with van der Waals surface area (Å²) in [5.74, 6) is 0.909. The lowest BCUT2D eigenvalue weighted by molar-refractivity contribution is -0.126. The molecule has 1 amide bonds. The van der Waals surface area contributed by atoms with E-state index in [1.54, 1.807) is 4.31 Å². The van der Waals surface area contributed by atoms with Gasteiger partial charge >= 0.3 is 0 Å². The fourth-order valence-corrected chi connectivity index (χ4v) is 4.94. The molecule has 28 heavy (non-hydrogen) atoms. The van der Waals surface area contributed by atoms with E-state index in [4.69, 9.17) is 4.74 Å². The number of hydrogen-bond acceptors (Lipinski definition) is 4. The molecule has 0 unspecified atom stereocenters. The van der Waals surface area contributed by atoms with E-state index in [-0.39, 0.29) is 17.6 Å². The quantitative estimate of drug-likeness (QED) is 0.568. The largest absolute Gasteiger partial charge is 0.494 e. The number of unbranched alkanes of at least 4 members (excludes halogenated alkanes) is 2. The number of benzene rings is 1. The Bertz CT molecular complexity index is 713. The first-order chi connectivity index (χ1) is 13.5. The van der Waals surface area contributed by atoms with E-state index in [0.717, 1.165) is 30.6 Å². The molecule has 1 saturated heterocycles. The van der Waals surface area contributed by atoms with E-state index in [1.165, 1.54) is 0 Å². The third kappa shape index (κ3) is 7.09. The summed E-state index contributed by atoms with van der Waals surface area (Å²) >= 11 is 0. The summed E-state index contributed by atoms with van der Waals surface area (Å²) < 4.78 is 31.8. The van der Waals surface area contributed by atoms with Crippen molar-refractivity contribution >= 4 is 15.9 Å². The molecule has 0 radical (unpaired) electrons. The Balaban J connectivity index is 1.78. The molecular formula is C21H34N2O4S. The highest BCUT2D eigenvalue weighted by Gasteiger charge is 2.30. The number of amides is 1. The molecule has 158 valence electrons. The van der Waals surface area contributed by atoms with E-state index in [0.29, 0.717) is 45.5 Å². The highest BCUT2D eigenvalue weighted by Crippen LogP contribution is 2.21. The second kappa shape index (κ2) is 11.4. The topological polar surface area (TPSA) is 75.7 Å². The van der Waals surface area contributed by atoms with Gasteiger partial charge in [0.2, 0.25) is 15.9 Å². The van der Waals surface area contributed by atoms with Crippen LogP contribution in [0.15, 0.2) is 24.3 Å². The third-order valence-electron chi connectivity index (χ3n) is 5.11. The van der Waals surface area contributed by atoms with Gasteiger partial charge in [-0.25, -0.2) is 12.7 Å². The van der Waals surface area contributed by atoms with Gasteiger partial charge in [-0.05, 0) is 43.4 Å². The average Bonchev–Trinajstić information content (AvgIpc) is 2.71. The van der Waals surface area contributed by atoms with Crippen LogP contribution in [0.5, 0.6) is 5.75 Å². The van der Waals surface area contributed by atoms with Crippen LogP contribution in [0.1, 0.15) is 57.9 Å². The lowest BCUT2D eigenvalue weighted by atomic mass is 9.97. The molecule has 0 atom stereocenters. The van der Waals surface area contributed by atoms with Crippen LogP contribution in [0, 0.1) is 5.92 Å². The molecule has 1 fully saturated rings. The van der Waals surface area contributed by atoms with Gasteiger partial charge in [0.25, 0.3) is 0 Å². The summed E-state index contributed by atoms with van der Waals surface area (Å²) in [7, 11) is -3.18. The Kier molecular flexibility index (Phi) is 9.25. The average molecular weight is 411 g/mol. The molecular weight excluding hydrogens is 376 g/mol. The van der Waals surface area contributed by atoms with E-state index in [2.05, 4.69) is 12.2 Å². The molecule has 1 aromatic rings. The highest BCUT2D eigenvalue weighted by molar-refractivity contribution is 7.89. The Morgan fingerprint density at radius 3 is 2.57 bits per heavy atom. The van der Waals surface area contributed by atoms with Gasteiger partial charge in [0.15, 0.2) is 0 Å². The first-order valence-corrected chi connectivity index (χ1v) is 12.0. The number of rotatable bonds is 11. The molecule has 0 aromatic heterocycles. The number of sulfonamides is 1. The van der Waals surface area contributed by atoms with Crippen LogP contribution in [0.3, 0.4) is 0 Å². The molecule has 1 aliphatic heterocycles. The van der Waals surface area contributed by atoms with Crippen LogP contribution in [-0.4, -0.2) is 44.1 Å². The van der Waals surface area contributed by atoms with Gasteiger partial charge < -0.3 is 10.1 Å². The maximum absolute atomic E-state index is 12.5. The van der Waals surface area contributed by atoms with Crippen molar-refractivity contribution in [3.63, 3.8) is 0 Å². The van der Waals surface area contributed by atoms with Crippen molar-refractivity contribution in [2.75, 3.05) is 25.4 Å². The van der Waals surface area contributed by atoms with E-state index >= 15 is 0 Å². The summed E-state index contributed by atoms with van der Waals surface area (Å²) in [6, 6.07) is 7.78. The number of carbonyl (C=O) groups excluding carboxylic acids is 1. The maximum Gasteiger partial charge on any atom is 0.223 e. The Hall–Kier alpha value is -1.60. The lowest BCUT2D eigenvalue weighted by Gasteiger charge is -2.30. The van der Waals surface area contributed by atoms with Crippen molar-refractivity contribution in [2.24, 2.45) is 5.92 Å². The summed E-state index contributed by atoms with van der Waals surface area (Å²) in [5.41, 5.74) is 1.00. The molecule has 0 spiro atoms. The summed E-state index contributed by atoms with van der Waals surface area (Å²) in [4.78, 5) is 12.5. The number of piperidine rings is 1. The van der Waals surface area contributed by atoms with Crippen LogP contribution >= 0.6 is 0 Å². The zero-order valence-corrected chi connectivity index (χ0v) is 18.0. The van der Waals surface area contributed by atoms with Crippen LogP contribution in [0.4, 0.5) is 0 Å². The number of carbonyl (C=O) groups is 1. The van der Waals surface area contributed by atoms with E-state index in [9.17, 15) is 13.2 Å². The lowest BCUT2D eigenvalue weighted by Crippen LogP contribution is -2.43. The molecule has 1 aliphatic rings. The number of nitrogens with one attached hydrogen (secondary N) is 1. The molecule has 2 rings (SSSR count). The molecule has 0 aliphatic carbocycles. The minimum atomic E-state index is -3.18.